The molecule has 2 heterocycles. The van der Waals surface area contributed by atoms with Gasteiger partial charge in [0.15, 0.2) is 5.82 Å². The van der Waals surface area contributed by atoms with Crippen LogP contribution < -0.4 is 5.32 Å². The Morgan fingerprint density at radius 3 is 2.86 bits per heavy atom. The van der Waals surface area contributed by atoms with Gasteiger partial charge in [0.1, 0.15) is 0 Å². The molecule has 1 aromatic heterocycles. The van der Waals surface area contributed by atoms with Gasteiger partial charge in [0.2, 0.25) is 11.8 Å². The molecule has 0 aliphatic carbocycles. The van der Waals surface area contributed by atoms with Crippen LogP contribution in [0.3, 0.4) is 0 Å². The fourth-order valence-electron chi connectivity index (χ4n) is 2.36. The van der Waals surface area contributed by atoms with E-state index in [1.807, 2.05) is 11.9 Å². The van der Waals surface area contributed by atoms with E-state index in [1.165, 1.54) is 6.42 Å². The second-order valence-electron chi connectivity index (χ2n) is 5.48. The topological polar surface area (TPSA) is 71.3 Å². The quantitative estimate of drug-likeness (QED) is 0.898. The molecule has 1 amide bonds. The lowest BCUT2D eigenvalue weighted by atomic mass is 10.1. The number of amides is 1. The van der Waals surface area contributed by atoms with E-state index in [1.54, 1.807) is 0 Å². The zero-order valence-corrected chi connectivity index (χ0v) is 13.6. The third-order valence-electron chi connectivity index (χ3n) is 3.74. The maximum Gasteiger partial charge on any atom is 0.246 e. The second-order valence-corrected chi connectivity index (χ2v) is 5.48. The van der Waals surface area contributed by atoms with Crippen LogP contribution in [0.5, 0.6) is 0 Å². The molecular weight excluding hydrogens is 292 g/mol. The van der Waals surface area contributed by atoms with Crippen molar-refractivity contribution in [3.63, 3.8) is 0 Å². The van der Waals surface area contributed by atoms with Gasteiger partial charge in [0.05, 0.1) is 6.54 Å². The molecule has 0 bridgehead atoms. The average Bonchev–Trinajstić information content (AvgIpc) is 2.85. The van der Waals surface area contributed by atoms with Crippen LogP contribution in [0.25, 0.3) is 0 Å². The largest absolute Gasteiger partial charge is 0.337 e. The molecule has 1 fully saturated rings. The van der Waals surface area contributed by atoms with Crippen molar-refractivity contribution in [1.82, 2.24) is 20.4 Å². The van der Waals surface area contributed by atoms with Crippen molar-refractivity contribution in [3.05, 3.63) is 11.7 Å². The summed E-state index contributed by atoms with van der Waals surface area (Å²) in [7, 11) is 1.91. The standard InChI is InChI=1S/C14H24N4O2.ClH/c1-11(15-2)9-12-16-13(20-17-12)10-18-8-6-4-3-5-7-14(18)19;/h11,15H,3-10H2,1-2H3;1H. The van der Waals surface area contributed by atoms with Crippen LogP contribution in [0, 0.1) is 0 Å². The third-order valence-corrected chi connectivity index (χ3v) is 3.74. The summed E-state index contributed by atoms with van der Waals surface area (Å²) >= 11 is 0. The molecule has 0 spiro atoms. The number of nitrogens with one attached hydrogen (secondary N) is 1. The van der Waals surface area contributed by atoms with Gasteiger partial charge >= 0.3 is 0 Å². The van der Waals surface area contributed by atoms with Crippen LogP contribution in [0.4, 0.5) is 0 Å². The molecule has 0 aromatic carbocycles. The molecular formula is C14H25ClN4O2. The first-order chi connectivity index (χ1) is 9.69. The van der Waals surface area contributed by atoms with E-state index in [-0.39, 0.29) is 18.3 Å². The Morgan fingerprint density at radius 2 is 2.10 bits per heavy atom. The normalized spacial score (nSPS) is 17.8. The Labute approximate surface area is 132 Å². The zero-order chi connectivity index (χ0) is 14.4. The molecule has 21 heavy (non-hydrogen) atoms. The van der Waals surface area contributed by atoms with Crippen LogP contribution in [-0.2, 0) is 17.8 Å². The molecule has 1 atom stereocenters. The molecule has 1 N–H and O–H groups in total. The van der Waals surface area contributed by atoms with Gasteiger partial charge in [-0.3, -0.25) is 4.79 Å². The summed E-state index contributed by atoms with van der Waals surface area (Å²) in [5.74, 6) is 1.44. The molecule has 1 unspecified atom stereocenters. The molecule has 120 valence electrons. The lowest BCUT2D eigenvalue weighted by Gasteiger charge is -2.23. The number of hydrogen-bond acceptors (Lipinski definition) is 5. The van der Waals surface area contributed by atoms with Crippen molar-refractivity contribution < 1.29 is 9.32 Å². The van der Waals surface area contributed by atoms with E-state index < -0.39 is 0 Å². The highest BCUT2D eigenvalue weighted by atomic mass is 35.5. The third kappa shape index (κ3) is 5.63. The second kappa shape index (κ2) is 9.00. The number of hydrogen-bond donors (Lipinski definition) is 1. The minimum Gasteiger partial charge on any atom is -0.337 e. The Bertz CT molecular complexity index is 438. The van der Waals surface area contributed by atoms with Crippen LogP contribution in [0.15, 0.2) is 4.52 Å². The molecule has 1 saturated heterocycles. The van der Waals surface area contributed by atoms with E-state index in [9.17, 15) is 4.79 Å². The number of aromatic nitrogens is 2. The first kappa shape index (κ1) is 17.9. The number of likely N-dealkylation sites (N-methyl/N-ethyl adjacent to an activating group) is 1. The number of rotatable bonds is 5. The van der Waals surface area contributed by atoms with Gasteiger partial charge in [-0.25, -0.2) is 0 Å². The lowest BCUT2D eigenvalue weighted by Crippen LogP contribution is -2.32. The van der Waals surface area contributed by atoms with E-state index >= 15 is 0 Å². The molecule has 7 heteroatoms. The SMILES string of the molecule is CNC(C)Cc1noc(CN2CCCCCCC2=O)n1.Cl. The molecule has 6 nitrogen and oxygen atoms in total. The van der Waals surface area contributed by atoms with Gasteiger partial charge in [-0.1, -0.05) is 18.0 Å². The van der Waals surface area contributed by atoms with E-state index in [2.05, 4.69) is 22.4 Å². The van der Waals surface area contributed by atoms with Crippen molar-refractivity contribution in [2.24, 2.45) is 0 Å². The fraction of sp³-hybridized carbons (Fsp3) is 0.786. The minimum absolute atomic E-state index is 0. The van der Waals surface area contributed by atoms with Crippen LogP contribution in [-0.4, -0.2) is 40.6 Å². The summed E-state index contributed by atoms with van der Waals surface area (Å²) in [6, 6.07) is 0.309. The molecule has 1 aliphatic rings. The highest BCUT2D eigenvalue weighted by Gasteiger charge is 2.19. The number of likely N-dealkylation sites (tertiary alicyclic amines) is 1. The smallest absolute Gasteiger partial charge is 0.246 e. The number of halogens is 1. The predicted octanol–water partition coefficient (Wildman–Crippen LogP) is 1.93. The van der Waals surface area contributed by atoms with E-state index in [0.29, 0.717) is 30.7 Å². The number of carbonyl (C=O) groups is 1. The molecule has 0 radical (unpaired) electrons. The van der Waals surface area contributed by atoms with Gasteiger partial charge in [0, 0.05) is 25.4 Å². The summed E-state index contributed by atoms with van der Waals surface area (Å²) in [6.45, 7) is 3.31. The average molecular weight is 317 g/mol. The van der Waals surface area contributed by atoms with Gasteiger partial charge in [-0.2, -0.15) is 4.98 Å². The predicted molar refractivity (Wildman–Crippen MR) is 82.3 cm³/mol. The van der Waals surface area contributed by atoms with Crippen molar-refractivity contribution in [2.75, 3.05) is 13.6 Å². The summed E-state index contributed by atoms with van der Waals surface area (Å²) in [5, 5.41) is 7.11. The Balaban J connectivity index is 0.00000220. The summed E-state index contributed by atoms with van der Waals surface area (Å²) in [4.78, 5) is 18.2. The molecule has 1 aromatic rings. The highest BCUT2D eigenvalue weighted by Crippen LogP contribution is 2.14. The molecule has 0 saturated carbocycles. The highest BCUT2D eigenvalue weighted by molar-refractivity contribution is 5.85. The van der Waals surface area contributed by atoms with Crippen molar-refractivity contribution in [2.45, 2.75) is 58.0 Å². The van der Waals surface area contributed by atoms with Crippen molar-refractivity contribution in [3.8, 4) is 0 Å². The van der Waals surface area contributed by atoms with Crippen molar-refractivity contribution in [1.29, 1.82) is 0 Å². The van der Waals surface area contributed by atoms with Crippen molar-refractivity contribution >= 4 is 18.3 Å². The van der Waals surface area contributed by atoms with Crippen LogP contribution >= 0.6 is 12.4 Å². The minimum atomic E-state index is 0. The van der Waals surface area contributed by atoms with Gasteiger partial charge in [-0.05, 0) is 26.8 Å². The summed E-state index contributed by atoms with van der Waals surface area (Å²) < 4.78 is 5.25. The van der Waals surface area contributed by atoms with Gasteiger partial charge < -0.3 is 14.7 Å². The number of carbonyl (C=O) groups excluding carboxylic acids is 1. The fourth-order valence-corrected chi connectivity index (χ4v) is 2.36. The maximum absolute atomic E-state index is 12.0. The molecule has 2 rings (SSSR count). The molecule has 1 aliphatic heterocycles. The zero-order valence-electron chi connectivity index (χ0n) is 12.8. The Hall–Kier alpha value is -1.14. The Kier molecular flexibility index (Phi) is 7.67. The van der Waals surface area contributed by atoms with Crippen LogP contribution in [0.2, 0.25) is 0 Å². The Morgan fingerprint density at radius 1 is 1.33 bits per heavy atom. The first-order valence-electron chi connectivity index (χ1n) is 7.45. The maximum atomic E-state index is 12.0. The van der Waals surface area contributed by atoms with Crippen LogP contribution in [0.1, 0.15) is 50.7 Å². The van der Waals surface area contributed by atoms with E-state index in [4.69, 9.17) is 4.52 Å². The number of nitrogens with zero attached hydrogens (tertiary/aromatic N) is 3. The summed E-state index contributed by atoms with van der Waals surface area (Å²) in [6.07, 6.45) is 5.77. The van der Waals surface area contributed by atoms with Gasteiger partial charge in [0.25, 0.3) is 0 Å². The van der Waals surface area contributed by atoms with E-state index in [0.717, 1.165) is 32.2 Å². The summed E-state index contributed by atoms with van der Waals surface area (Å²) in [5.41, 5.74) is 0. The monoisotopic (exact) mass is 316 g/mol. The first-order valence-corrected chi connectivity index (χ1v) is 7.45. The lowest BCUT2D eigenvalue weighted by molar-refractivity contribution is -0.132. The van der Waals surface area contributed by atoms with Gasteiger partial charge in [-0.15, -0.1) is 12.4 Å².